The molecule has 6 heteroatoms. The standard InChI is InChI=1S/C24H23N3O3/c25-24(29)19-11-9-18(10-12-19)20-7-4-8-21(26-20)22-16-27(13-14-30-22)23(28)15-17-5-2-1-3-6-17/h1-12,22H,13-16H2,(H2,25,29). The first-order valence-corrected chi connectivity index (χ1v) is 9.90. The molecule has 0 aliphatic carbocycles. The van der Waals surface area contributed by atoms with Crippen LogP contribution in [-0.2, 0) is 16.0 Å². The fourth-order valence-corrected chi connectivity index (χ4v) is 3.53. The van der Waals surface area contributed by atoms with Crippen LogP contribution >= 0.6 is 0 Å². The predicted octanol–water partition coefficient (Wildman–Crippen LogP) is 2.99. The summed E-state index contributed by atoms with van der Waals surface area (Å²) in [5, 5.41) is 0. The molecule has 1 aliphatic heterocycles. The number of morpholine rings is 1. The van der Waals surface area contributed by atoms with E-state index >= 15 is 0 Å². The van der Waals surface area contributed by atoms with Gasteiger partial charge in [-0.1, -0.05) is 48.5 Å². The Morgan fingerprint density at radius 2 is 1.77 bits per heavy atom. The van der Waals surface area contributed by atoms with E-state index in [0.717, 1.165) is 22.5 Å². The average molecular weight is 401 g/mol. The van der Waals surface area contributed by atoms with Crippen molar-refractivity contribution in [2.24, 2.45) is 5.73 Å². The van der Waals surface area contributed by atoms with Gasteiger partial charge in [0.2, 0.25) is 11.8 Å². The van der Waals surface area contributed by atoms with Crippen LogP contribution in [0.15, 0.2) is 72.8 Å². The molecule has 3 aromatic rings. The van der Waals surface area contributed by atoms with E-state index in [1.165, 1.54) is 0 Å². The molecular formula is C24H23N3O3. The second-order valence-corrected chi connectivity index (χ2v) is 7.25. The summed E-state index contributed by atoms with van der Waals surface area (Å²) in [5.41, 5.74) is 9.21. The van der Waals surface area contributed by atoms with Crippen molar-refractivity contribution in [2.75, 3.05) is 19.7 Å². The molecule has 0 spiro atoms. The second kappa shape index (κ2) is 8.88. The fourth-order valence-electron chi connectivity index (χ4n) is 3.53. The Bertz CT molecular complexity index is 1040. The van der Waals surface area contributed by atoms with Crippen molar-refractivity contribution in [3.63, 3.8) is 0 Å². The van der Waals surface area contributed by atoms with Crippen molar-refractivity contribution in [3.8, 4) is 11.3 Å². The molecule has 30 heavy (non-hydrogen) atoms. The van der Waals surface area contributed by atoms with Crippen molar-refractivity contribution in [1.82, 2.24) is 9.88 Å². The number of amides is 2. The third kappa shape index (κ3) is 4.55. The molecule has 2 heterocycles. The zero-order valence-corrected chi connectivity index (χ0v) is 16.5. The summed E-state index contributed by atoms with van der Waals surface area (Å²) in [7, 11) is 0. The summed E-state index contributed by atoms with van der Waals surface area (Å²) >= 11 is 0. The van der Waals surface area contributed by atoms with Gasteiger partial charge in [0.15, 0.2) is 0 Å². The summed E-state index contributed by atoms with van der Waals surface area (Å²) in [5.74, 6) is -0.369. The molecule has 1 aromatic heterocycles. The fraction of sp³-hybridized carbons (Fsp3) is 0.208. The Morgan fingerprint density at radius 1 is 1.00 bits per heavy atom. The van der Waals surface area contributed by atoms with Crippen molar-refractivity contribution >= 4 is 11.8 Å². The highest BCUT2D eigenvalue weighted by molar-refractivity contribution is 5.93. The first-order valence-electron chi connectivity index (χ1n) is 9.90. The van der Waals surface area contributed by atoms with Crippen LogP contribution in [0.2, 0.25) is 0 Å². The molecule has 2 amide bonds. The van der Waals surface area contributed by atoms with Gasteiger partial charge in [0.1, 0.15) is 6.10 Å². The van der Waals surface area contributed by atoms with E-state index in [0.29, 0.717) is 31.7 Å². The number of nitrogens with two attached hydrogens (primary N) is 1. The second-order valence-electron chi connectivity index (χ2n) is 7.25. The van der Waals surface area contributed by atoms with E-state index in [9.17, 15) is 9.59 Å². The highest BCUT2D eigenvalue weighted by atomic mass is 16.5. The van der Waals surface area contributed by atoms with Crippen LogP contribution in [0.1, 0.15) is 27.7 Å². The molecule has 1 atom stereocenters. The number of aromatic nitrogens is 1. The van der Waals surface area contributed by atoms with Crippen LogP contribution in [0.25, 0.3) is 11.3 Å². The summed E-state index contributed by atoms with van der Waals surface area (Å²) in [6.45, 7) is 1.53. The third-order valence-electron chi connectivity index (χ3n) is 5.18. The van der Waals surface area contributed by atoms with Gasteiger partial charge in [0, 0.05) is 17.7 Å². The number of ether oxygens (including phenoxy) is 1. The van der Waals surface area contributed by atoms with E-state index in [4.69, 9.17) is 15.5 Å². The van der Waals surface area contributed by atoms with Gasteiger partial charge >= 0.3 is 0 Å². The molecule has 6 nitrogen and oxygen atoms in total. The van der Waals surface area contributed by atoms with Crippen molar-refractivity contribution < 1.29 is 14.3 Å². The molecule has 2 aromatic carbocycles. The van der Waals surface area contributed by atoms with E-state index < -0.39 is 5.91 Å². The van der Waals surface area contributed by atoms with Crippen LogP contribution in [-0.4, -0.2) is 41.4 Å². The smallest absolute Gasteiger partial charge is 0.248 e. The van der Waals surface area contributed by atoms with Crippen molar-refractivity contribution in [1.29, 1.82) is 0 Å². The topological polar surface area (TPSA) is 85.5 Å². The Labute approximate surface area is 175 Å². The van der Waals surface area contributed by atoms with Gasteiger partial charge in [-0.3, -0.25) is 9.59 Å². The molecule has 1 saturated heterocycles. The van der Waals surface area contributed by atoms with Crippen molar-refractivity contribution in [3.05, 3.63) is 89.6 Å². The number of hydrogen-bond acceptors (Lipinski definition) is 4. The Morgan fingerprint density at radius 3 is 2.50 bits per heavy atom. The maximum Gasteiger partial charge on any atom is 0.248 e. The molecular weight excluding hydrogens is 378 g/mol. The number of rotatable bonds is 5. The third-order valence-corrected chi connectivity index (χ3v) is 5.18. The minimum absolute atomic E-state index is 0.0905. The minimum atomic E-state index is -0.459. The van der Waals surface area contributed by atoms with E-state index in [-0.39, 0.29) is 12.0 Å². The van der Waals surface area contributed by atoms with Gasteiger partial charge in [-0.2, -0.15) is 0 Å². The molecule has 2 N–H and O–H groups in total. The highest BCUT2D eigenvalue weighted by Gasteiger charge is 2.26. The number of benzene rings is 2. The number of hydrogen-bond donors (Lipinski definition) is 1. The van der Waals surface area contributed by atoms with E-state index in [2.05, 4.69) is 0 Å². The quantitative estimate of drug-likeness (QED) is 0.712. The lowest BCUT2D eigenvalue weighted by Gasteiger charge is -2.33. The van der Waals surface area contributed by atoms with Crippen LogP contribution in [0.3, 0.4) is 0 Å². The molecule has 1 aliphatic rings. The van der Waals surface area contributed by atoms with Crippen LogP contribution in [0, 0.1) is 0 Å². The molecule has 1 unspecified atom stereocenters. The molecule has 0 bridgehead atoms. The first-order chi connectivity index (χ1) is 14.6. The Hall–Kier alpha value is -3.51. The monoisotopic (exact) mass is 401 g/mol. The molecule has 0 saturated carbocycles. The zero-order chi connectivity index (χ0) is 20.9. The van der Waals surface area contributed by atoms with Gasteiger partial charge in [0.25, 0.3) is 0 Å². The van der Waals surface area contributed by atoms with Gasteiger partial charge in [-0.15, -0.1) is 0 Å². The van der Waals surface area contributed by atoms with Gasteiger partial charge < -0.3 is 15.4 Å². The number of carbonyl (C=O) groups excluding carboxylic acids is 2. The zero-order valence-electron chi connectivity index (χ0n) is 16.5. The first kappa shape index (κ1) is 19.8. The number of pyridine rings is 1. The van der Waals surface area contributed by atoms with Crippen LogP contribution in [0.4, 0.5) is 0 Å². The van der Waals surface area contributed by atoms with Gasteiger partial charge in [-0.05, 0) is 29.8 Å². The minimum Gasteiger partial charge on any atom is -0.368 e. The van der Waals surface area contributed by atoms with Crippen LogP contribution in [0.5, 0.6) is 0 Å². The molecule has 4 rings (SSSR count). The average Bonchev–Trinajstić information content (AvgIpc) is 2.80. The highest BCUT2D eigenvalue weighted by Crippen LogP contribution is 2.25. The maximum atomic E-state index is 12.7. The van der Waals surface area contributed by atoms with Crippen molar-refractivity contribution in [2.45, 2.75) is 12.5 Å². The van der Waals surface area contributed by atoms with E-state index in [1.807, 2.05) is 65.6 Å². The number of carbonyl (C=O) groups is 2. The lowest BCUT2D eigenvalue weighted by molar-refractivity contribution is -0.138. The largest absolute Gasteiger partial charge is 0.368 e. The maximum absolute atomic E-state index is 12.7. The summed E-state index contributed by atoms with van der Waals surface area (Å²) < 4.78 is 5.92. The van der Waals surface area contributed by atoms with Gasteiger partial charge in [0.05, 0.1) is 31.0 Å². The van der Waals surface area contributed by atoms with E-state index in [1.54, 1.807) is 12.1 Å². The summed E-state index contributed by atoms with van der Waals surface area (Å²) in [4.78, 5) is 30.6. The van der Waals surface area contributed by atoms with Gasteiger partial charge in [-0.25, -0.2) is 4.98 Å². The lowest BCUT2D eigenvalue weighted by Crippen LogP contribution is -2.43. The SMILES string of the molecule is NC(=O)c1ccc(-c2cccc(C3CN(C(=O)Cc4ccccc4)CCO3)n2)cc1. The number of nitrogens with zero attached hydrogens (tertiary/aromatic N) is 2. The summed E-state index contributed by atoms with van der Waals surface area (Å²) in [6, 6.07) is 22.5. The lowest BCUT2D eigenvalue weighted by atomic mass is 10.1. The Kier molecular flexibility index (Phi) is 5.86. The Balaban J connectivity index is 1.47. The predicted molar refractivity (Wildman–Crippen MR) is 114 cm³/mol. The van der Waals surface area contributed by atoms with Crippen LogP contribution < -0.4 is 5.73 Å². The molecule has 152 valence electrons. The summed E-state index contributed by atoms with van der Waals surface area (Å²) in [6.07, 6.45) is 0.107. The number of primary amides is 1. The molecule has 0 radical (unpaired) electrons. The normalized spacial score (nSPS) is 16.3. The molecule has 1 fully saturated rings.